The van der Waals surface area contributed by atoms with Gasteiger partial charge in [0.25, 0.3) is 5.91 Å². The minimum atomic E-state index is -0.574. The number of para-hydroxylation sites is 1. The molecule has 1 aromatic heterocycles. The molecule has 3 amide bonds. The fourth-order valence-corrected chi connectivity index (χ4v) is 3.63. The summed E-state index contributed by atoms with van der Waals surface area (Å²) in [7, 11) is 1.78. The molecular formula is C19H20N4O2S. The van der Waals surface area contributed by atoms with E-state index in [1.165, 1.54) is 0 Å². The van der Waals surface area contributed by atoms with E-state index in [0.29, 0.717) is 12.1 Å². The van der Waals surface area contributed by atoms with Gasteiger partial charge in [-0.2, -0.15) is 0 Å². The first kappa shape index (κ1) is 17.9. The molecule has 0 spiro atoms. The van der Waals surface area contributed by atoms with Gasteiger partial charge in [0.15, 0.2) is 0 Å². The Kier molecular flexibility index (Phi) is 5.18. The quantitative estimate of drug-likeness (QED) is 0.724. The van der Waals surface area contributed by atoms with Crippen molar-refractivity contribution in [3.63, 3.8) is 0 Å². The summed E-state index contributed by atoms with van der Waals surface area (Å²) in [6, 6.07) is 14.4. The SMILES string of the molecule is C[C@@H](c1nc2ccccc2s1)N(C)C(=O)c1ccc(CNC(N)=O)cc1. The van der Waals surface area contributed by atoms with Crippen LogP contribution in [0.3, 0.4) is 0 Å². The lowest BCUT2D eigenvalue weighted by Gasteiger charge is -2.23. The molecule has 3 rings (SSSR count). The molecule has 0 aliphatic rings. The molecule has 1 heterocycles. The van der Waals surface area contributed by atoms with E-state index in [1.54, 1.807) is 47.5 Å². The number of rotatable bonds is 5. The number of hydrogen-bond donors (Lipinski definition) is 2. The highest BCUT2D eigenvalue weighted by Crippen LogP contribution is 2.29. The van der Waals surface area contributed by atoms with Crippen molar-refractivity contribution in [2.75, 3.05) is 7.05 Å². The van der Waals surface area contributed by atoms with Crippen LogP contribution in [0.15, 0.2) is 48.5 Å². The van der Waals surface area contributed by atoms with Crippen LogP contribution in [0, 0.1) is 0 Å². The fourth-order valence-electron chi connectivity index (χ4n) is 2.57. The molecular weight excluding hydrogens is 348 g/mol. The van der Waals surface area contributed by atoms with Crippen molar-refractivity contribution in [2.24, 2.45) is 5.73 Å². The lowest BCUT2D eigenvalue weighted by atomic mass is 10.1. The Hall–Kier alpha value is -2.93. The normalized spacial score (nSPS) is 11.9. The van der Waals surface area contributed by atoms with Crippen LogP contribution in [-0.2, 0) is 6.54 Å². The number of thiazole rings is 1. The first-order chi connectivity index (χ1) is 12.5. The first-order valence-electron chi connectivity index (χ1n) is 8.20. The molecule has 0 saturated carbocycles. The van der Waals surface area contributed by atoms with Crippen molar-refractivity contribution in [3.05, 3.63) is 64.7 Å². The van der Waals surface area contributed by atoms with E-state index in [9.17, 15) is 9.59 Å². The van der Waals surface area contributed by atoms with Crippen LogP contribution >= 0.6 is 11.3 Å². The minimum absolute atomic E-state index is 0.0776. The summed E-state index contributed by atoms with van der Waals surface area (Å²) < 4.78 is 1.11. The van der Waals surface area contributed by atoms with Gasteiger partial charge in [0.2, 0.25) is 0 Å². The van der Waals surface area contributed by atoms with E-state index in [-0.39, 0.29) is 11.9 Å². The second-order valence-corrected chi connectivity index (χ2v) is 7.09. The molecule has 0 radical (unpaired) electrons. The zero-order valence-corrected chi connectivity index (χ0v) is 15.4. The van der Waals surface area contributed by atoms with E-state index in [4.69, 9.17) is 5.73 Å². The Labute approximate surface area is 155 Å². The van der Waals surface area contributed by atoms with Crippen LogP contribution in [0.4, 0.5) is 4.79 Å². The summed E-state index contributed by atoms with van der Waals surface area (Å²) in [5.41, 5.74) is 7.47. The van der Waals surface area contributed by atoms with Gasteiger partial charge in [0.1, 0.15) is 5.01 Å². The number of carbonyl (C=O) groups is 2. The third kappa shape index (κ3) is 3.83. The summed E-state index contributed by atoms with van der Waals surface area (Å²) >= 11 is 1.60. The monoisotopic (exact) mass is 368 g/mol. The minimum Gasteiger partial charge on any atom is -0.352 e. The number of hydrogen-bond acceptors (Lipinski definition) is 4. The van der Waals surface area contributed by atoms with Crippen molar-refractivity contribution >= 4 is 33.5 Å². The van der Waals surface area contributed by atoms with E-state index in [1.807, 2.05) is 31.2 Å². The molecule has 3 aromatic rings. The van der Waals surface area contributed by atoms with Crippen LogP contribution in [0.1, 0.15) is 33.9 Å². The van der Waals surface area contributed by atoms with Crippen molar-refractivity contribution in [3.8, 4) is 0 Å². The number of amides is 3. The maximum atomic E-state index is 12.8. The maximum Gasteiger partial charge on any atom is 0.312 e. The van der Waals surface area contributed by atoms with Gasteiger partial charge >= 0.3 is 6.03 Å². The fraction of sp³-hybridized carbons (Fsp3) is 0.211. The Morgan fingerprint density at radius 3 is 2.54 bits per heavy atom. The van der Waals surface area contributed by atoms with Crippen LogP contribution in [0.25, 0.3) is 10.2 Å². The number of primary amides is 1. The Morgan fingerprint density at radius 1 is 1.19 bits per heavy atom. The number of carbonyl (C=O) groups excluding carboxylic acids is 2. The molecule has 0 fully saturated rings. The highest BCUT2D eigenvalue weighted by molar-refractivity contribution is 7.18. The van der Waals surface area contributed by atoms with Gasteiger partial charge in [-0.1, -0.05) is 24.3 Å². The van der Waals surface area contributed by atoms with Crippen molar-refractivity contribution < 1.29 is 9.59 Å². The van der Waals surface area contributed by atoms with Crippen LogP contribution in [0.5, 0.6) is 0 Å². The van der Waals surface area contributed by atoms with E-state index in [0.717, 1.165) is 20.8 Å². The Bertz CT molecular complexity index is 903. The molecule has 6 nitrogen and oxygen atoms in total. The number of aromatic nitrogens is 1. The molecule has 0 saturated heterocycles. The van der Waals surface area contributed by atoms with Crippen molar-refractivity contribution in [2.45, 2.75) is 19.5 Å². The van der Waals surface area contributed by atoms with Gasteiger partial charge in [-0.15, -0.1) is 11.3 Å². The summed E-state index contributed by atoms with van der Waals surface area (Å²) in [6.45, 7) is 2.31. The van der Waals surface area contributed by atoms with Gasteiger partial charge in [0.05, 0.1) is 16.3 Å². The van der Waals surface area contributed by atoms with Crippen LogP contribution < -0.4 is 11.1 Å². The number of benzene rings is 2. The predicted octanol–water partition coefficient (Wildman–Crippen LogP) is 3.30. The smallest absolute Gasteiger partial charge is 0.312 e. The van der Waals surface area contributed by atoms with Crippen LogP contribution in [-0.4, -0.2) is 28.9 Å². The number of urea groups is 1. The lowest BCUT2D eigenvalue weighted by molar-refractivity contribution is 0.0742. The maximum absolute atomic E-state index is 12.8. The molecule has 1 atom stereocenters. The third-order valence-electron chi connectivity index (χ3n) is 4.24. The summed E-state index contributed by atoms with van der Waals surface area (Å²) in [6.07, 6.45) is 0. The zero-order valence-electron chi connectivity index (χ0n) is 14.6. The summed E-state index contributed by atoms with van der Waals surface area (Å²) in [5.74, 6) is -0.0776. The zero-order chi connectivity index (χ0) is 18.7. The van der Waals surface area contributed by atoms with Gasteiger partial charge in [0, 0.05) is 19.2 Å². The molecule has 26 heavy (non-hydrogen) atoms. The molecule has 0 aliphatic carbocycles. The molecule has 0 aliphatic heterocycles. The van der Waals surface area contributed by atoms with Gasteiger partial charge in [-0.3, -0.25) is 4.79 Å². The van der Waals surface area contributed by atoms with E-state index >= 15 is 0 Å². The lowest BCUT2D eigenvalue weighted by Crippen LogP contribution is -2.30. The molecule has 0 unspecified atom stereocenters. The van der Waals surface area contributed by atoms with Crippen molar-refractivity contribution in [1.82, 2.24) is 15.2 Å². The molecule has 134 valence electrons. The number of nitrogens with two attached hydrogens (primary N) is 1. The standard InChI is InChI=1S/C19H20N4O2S/c1-12(17-22-15-5-3-4-6-16(15)26-17)23(2)18(24)14-9-7-13(8-10-14)11-21-19(20)25/h3-10,12H,11H2,1-2H3,(H3,20,21,25)/t12-/m0/s1. The second-order valence-electron chi connectivity index (χ2n) is 6.03. The number of nitrogens with one attached hydrogen (secondary N) is 1. The molecule has 7 heteroatoms. The Balaban J connectivity index is 1.72. The molecule has 0 bridgehead atoms. The van der Waals surface area contributed by atoms with Gasteiger partial charge < -0.3 is 16.0 Å². The highest BCUT2D eigenvalue weighted by Gasteiger charge is 2.21. The average Bonchev–Trinajstić information content (AvgIpc) is 3.09. The third-order valence-corrected chi connectivity index (χ3v) is 5.44. The molecule has 2 aromatic carbocycles. The summed E-state index contributed by atoms with van der Waals surface area (Å²) in [5, 5.41) is 3.43. The van der Waals surface area contributed by atoms with E-state index in [2.05, 4.69) is 10.3 Å². The Morgan fingerprint density at radius 2 is 1.88 bits per heavy atom. The largest absolute Gasteiger partial charge is 0.352 e. The molecule has 3 N–H and O–H groups in total. The van der Waals surface area contributed by atoms with Crippen molar-refractivity contribution in [1.29, 1.82) is 0 Å². The van der Waals surface area contributed by atoms with Crippen LogP contribution in [0.2, 0.25) is 0 Å². The second kappa shape index (κ2) is 7.53. The topological polar surface area (TPSA) is 88.3 Å². The number of fused-ring (bicyclic) bond motifs is 1. The van der Waals surface area contributed by atoms with Gasteiger partial charge in [-0.05, 0) is 36.8 Å². The highest BCUT2D eigenvalue weighted by atomic mass is 32.1. The summed E-state index contributed by atoms with van der Waals surface area (Å²) in [4.78, 5) is 29.8. The predicted molar refractivity (Wildman–Crippen MR) is 103 cm³/mol. The average molecular weight is 368 g/mol. The first-order valence-corrected chi connectivity index (χ1v) is 9.02. The van der Waals surface area contributed by atoms with Gasteiger partial charge in [-0.25, -0.2) is 9.78 Å². The number of nitrogens with zero attached hydrogens (tertiary/aromatic N) is 2. The van der Waals surface area contributed by atoms with E-state index < -0.39 is 6.03 Å².